The third-order valence-electron chi connectivity index (χ3n) is 9.80. The molecule has 0 aliphatic heterocycles. The molecule has 4 amide bonds. The molecule has 3 rings (SSSR count). The molecule has 27 heteroatoms. The summed E-state index contributed by atoms with van der Waals surface area (Å²) in [4.78, 5) is 69.8. The molecule has 0 aliphatic carbocycles. The number of halogens is 8. The van der Waals surface area contributed by atoms with Crippen molar-refractivity contribution < 1.29 is 87.6 Å². The van der Waals surface area contributed by atoms with E-state index in [4.69, 9.17) is 31.3 Å². The lowest BCUT2D eigenvalue weighted by Gasteiger charge is -2.41. The van der Waals surface area contributed by atoms with Crippen LogP contribution in [0.25, 0.3) is 11.1 Å². The zero-order chi connectivity index (χ0) is 54.5. The molecular formula is C44H59F8N7O11S. The van der Waals surface area contributed by atoms with Crippen LogP contribution in [0.3, 0.4) is 0 Å². The van der Waals surface area contributed by atoms with Crippen molar-refractivity contribution in [3.8, 4) is 11.1 Å². The highest BCUT2D eigenvalue weighted by Gasteiger charge is 2.40. The smallest absolute Gasteiger partial charge is 0.475 e. The standard InChI is InChI=1S/C40H57F2N7O7S.2C2HF3O2/c1-27(51)47-34(12-8-9-16-43)39(54)46-18-21-57(55,56)20-17-45-38(53)33(44)15-19-49(36(52)26-50)37(40(2,3)4)35-22-29(31-23-30(41)13-14-32(31)42)25-48(35)24-28-10-6-5-7-11-28;2*3-2(4,5)1(6)7/h5-7,10-11,13-14,22-23,25,33-34,37,50H,8-9,12,15-21,24,26,43-44H2,1-4H3,(H,45,53)(H,46,54)(H,47,51);2*(H,6,7)/t33-,34-,37-;;/m0../s1. The van der Waals surface area contributed by atoms with Crippen molar-refractivity contribution in [3.63, 3.8) is 0 Å². The minimum Gasteiger partial charge on any atom is -0.475 e. The maximum Gasteiger partial charge on any atom is 0.490 e. The maximum absolute atomic E-state index is 15.0. The highest BCUT2D eigenvalue weighted by molar-refractivity contribution is 7.91. The average molecular weight is 1050 g/mol. The van der Waals surface area contributed by atoms with Gasteiger partial charge in [0.1, 0.15) is 24.3 Å². The number of hydrogen-bond donors (Lipinski definition) is 8. The Labute approximate surface area is 404 Å². The number of nitrogens with one attached hydrogen (secondary N) is 3. The normalized spacial score (nSPS) is 12.9. The highest BCUT2D eigenvalue weighted by Crippen LogP contribution is 2.41. The fraction of sp³-hybridized carbons (Fsp3) is 0.500. The number of nitrogens with zero attached hydrogens (tertiary/aromatic N) is 2. The van der Waals surface area contributed by atoms with Crippen molar-refractivity contribution in [3.05, 3.63) is 83.7 Å². The fourth-order valence-electron chi connectivity index (χ4n) is 6.53. The van der Waals surface area contributed by atoms with Crippen LogP contribution in [0.15, 0.2) is 60.8 Å². The largest absolute Gasteiger partial charge is 0.490 e. The third kappa shape index (κ3) is 23.1. The van der Waals surface area contributed by atoms with E-state index in [1.807, 2.05) is 55.7 Å². The first kappa shape index (κ1) is 62.8. The van der Waals surface area contributed by atoms with Gasteiger partial charge in [0, 0.05) is 56.1 Å². The van der Waals surface area contributed by atoms with Crippen molar-refractivity contribution in [2.45, 2.75) is 90.4 Å². The molecule has 1 aromatic heterocycles. The summed E-state index contributed by atoms with van der Waals surface area (Å²) in [6.45, 7) is 6.33. The number of aliphatic carboxylic acids is 2. The van der Waals surface area contributed by atoms with Crippen LogP contribution in [0.1, 0.15) is 70.7 Å². The van der Waals surface area contributed by atoms with Gasteiger partial charge in [-0.15, -0.1) is 0 Å². The van der Waals surface area contributed by atoms with Gasteiger partial charge >= 0.3 is 24.3 Å². The van der Waals surface area contributed by atoms with Crippen molar-refractivity contribution in [2.24, 2.45) is 16.9 Å². The van der Waals surface area contributed by atoms with E-state index in [0.29, 0.717) is 43.6 Å². The van der Waals surface area contributed by atoms with E-state index in [2.05, 4.69) is 16.0 Å². The van der Waals surface area contributed by atoms with Crippen LogP contribution in [-0.4, -0.2) is 137 Å². The number of nitrogens with two attached hydrogens (primary N) is 2. The summed E-state index contributed by atoms with van der Waals surface area (Å²) >= 11 is 0. The molecule has 71 heavy (non-hydrogen) atoms. The van der Waals surface area contributed by atoms with Crippen LogP contribution in [0.4, 0.5) is 35.1 Å². The quantitative estimate of drug-likeness (QED) is 0.0528. The Kier molecular flexibility index (Phi) is 25.3. The second kappa shape index (κ2) is 28.6. The topological polar surface area (TPSA) is 294 Å². The number of hydrogen-bond acceptors (Lipinski definition) is 11. The van der Waals surface area contributed by atoms with Crippen LogP contribution in [-0.2, 0) is 45.1 Å². The van der Waals surface area contributed by atoms with E-state index < -0.39 is 111 Å². The number of rotatable bonds is 22. The van der Waals surface area contributed by atoms with Gasteiger partial charge in [-0.3, -0.25) is 19.2 Å². The molecule has 0 saturated carbocycles. The Morgan fingerprint density at radius 2 is 1.34 bits per heavy atom. The summed E-state index contributed by atoms with van der Waals surface area (Å²) in [6.07, 6.45) is -6.92. The molecule has 0 aliphatic rings. The van der Waals surface area contributed by atoms with Crippen LogP contribution < -0.4 is 27.4 Å². The zero-order valence-electron chi connectivity index (χ0n) is 39.1. The van der Waals surface area contributed by atoms with Gasteiger partial charge < -0.3 is 52.2 Å². The number of carbonyl (C=O) groups excluding carboxylic acids is 4. The molecule has 0 spiro atoms. The lowest BCUT2D eigenvalue weighted by molar-refractivity contribution is -0.193. The summed E-state index contributed by atoms with van der Waals surface area (Å²) in [7, 11) is -3.72. The minimum absolute atomic E-state index is 0.0332. The molecule has 0 fully saturated rings. The van der Waals surface area contributed by atoms with Gasteiger partial charge in [0.2, 0.25) is 23.6 Å². The summed E-state index contributed by atoms with van der Waals surface area (Å²) < 4.78 is 120. The van der Waals surface area contributed by atoms with Crippen LogP contribution in [0, 0.1) is 17.0 Å². The zero-order valence-corrected chi connectivity index (χ0v) is 39.9. The third-order valence-corrected chi connectivity index (χ3v) is 11.5. The van der Waals surface area contributed by atoms with Gasteiger partial charge in [0.05, 0.1) is 23.6 Å². The van der Waals surface area contributed by atoms with Gasteiger partial charge in [-0.1, -0.05) is 51.1 Å². The predicted molar refractivity (Wildman–Crippen MR) is 241 cm³/mol. The van der Waals surface area contributed by atoms with E-state index in [0.717, 1.165) is 23.8 Å². The van der Waals surface area contributed by atoms with E-state index in [1.165, 1.54) is 11.8 Å². The van der Waals surface area contributed by atoms with Gasteiger partial charge in [-0.25, -0.2) is 26.8 Å². The molecule has 3 atom stereocenters. The van der Waals surface area contributed by atoms with Crippen LogP contribution in [0.2, 0.25) is 0 Å². The summed E-state index contributed by atoms with van der Waals surface area (Å²) in [5.41, 5.74) is 12.9. The highest BCUT2D eigenvalue weighted by atomic mass is 32.2. The van der Waals surface area contributed by atoms with Crippen LogP contribution in [0.5, 0.6) is 0 Å². The lowest BCUT2D eigenvalue weighted by Crippen LogP contribution is -2.48. The Morgan fingerprint density at radius 1 is 0.803 bits per heavy atom. The Bertz CT molecular complexity index is 2320. The molecule has 2 aromatic carbocycles. The molecule has 0 saturated heterocycles. The van der Waals surface area contributed by atoms with E-state index in [-0.39, 0.29) is 31.6 Å². The molecule has 10 N–H and O–H groups in total. The molecular weight excluding hydrogens is 987 g/mol. The Balaban J connectivity index is 0.00000156. The Morgan fingerprint density at radius 3 is 1.82 bits per heavy atom. The number of aliphatic hydroxyl groups is 1. The number of aromatic nitrogens is 1. The van der Waals surface area contributed by atoms with E-state index in [9.17, 15) is 63.4 Å². The predicted octanol–water partition coefficient (Wildman–Crippen LogP) is 3.65. The molecule has 3 aromatic rings. The second-order valence-electron chi connectivity index (χ2n) is 16.7. The first-order chi connectivity index (χ1) is 32.7. The number of carboxylic acid groups (broad SMARTS) is 2. The van der Waals surface area contributed by atoms with Crippen molar-refractivity contribution in [1.29, 1.82) is 0 Å². The van der Waals surface area contributed by atoms with Crippen molar-refractivity contribution >= 4 is 45.4 Å². The number of unbranched alkanes of at least 4 members (excludes halogenated alkanes) is 1. The molecule has 1 heterocycles. The summed E-state index contributed by atoms with van der Waals surface area (Å²) in [5, 5.41) is 31.9. The number of amides is 4. The first-order valence-corrected chi connectivity index (χ1v) is 23.3. The lowest BCUT2D eigenvalue weighted by atomic mass is 9.82. The number of carbonyl (C=O) groups is 6. The number of sulfone groups is 1. The van der Waals surface area contributed by atoms with Crippen molar-refractivity contribution in [2.75, 3.05) is 44.3 Å². The van der Waals surface area contributed by atoms with E-state index >= 15 is 4.39 Å². The number of aliphatic hydroxyl groups excluding tert-OH is 1. The number of benzene rings is 2. The number of carboxylic acids is 2. The van der Waals surface area contributed by atoms with Crippen LogP contribution >= 0.6 is 0 Å². The monoisotopic (exact) mass is 1050 g/mol. The summed E-state index contributed by atoms with van der Waals surface area (Å²) in [5.74, 6) is -9.81. The molecule has 398 valence electrons. The SMILES string of the molecule is CC(=O)N[C@@H](CCCCN)C(=O)NCCS(=O)(=O)CCNC(=O)[C@@H](N)CCN(C(=O)CO)[C@@H](c1cc(-c2cc(F)ccc2F)cn1Cc1ccccc1)C(C)(C)C.O=C(O)C(F)(F)F.O=C(O)C(F)(F)F. The summed E-state index contributed by atoms with van der Waals surface area (Å²) in [6, 6.07) is 11.6. The maximum atomic E-state index is 15.0. The van der Waals surface area contributed by atoms with Gasteiger partial charge in [0.15, 0.2) is 9.84 Å². The molecule has 0 unspecified atom stereocenters. The van der Waals surface area contributed by atoms with Gasteiger partial charge in [0.25, 0.3) is 0 Å². The van der Waals surface area contributed by atoms with E-state index in [1.54, 1.807) is 12.3 Å². The second-order valence-corrected chi connectivity index (χ2v) is 19.0. The minimum atomic E-state index is -5.08. The van der Waals surface area contributed by atoms with Gasteiger partial charge in [-0.05, 0) is 67.5 Å². The molecule has 0 radical (unpaired) electrons. The van der Waals surface area contributed by atoms with Gasteiger partial charge in [-0.2, -0.15) is 26.3 Å². The fourth-order valence-corrected chi connectivity index (χ4v) is 7.56. The average Bonchev–Trinajstić information content (AvgIpc) is 3.66. The van der Waals surface area contributed by atoms with Crippen molar-refractivity contribution in [1.82, 2.24) is 25.4 Å². The Hall–Kier alpha value is -6.19. The molecule has 0 bridgehead atoms. The number of alkyl halides is 6. The molecule has 18 nitrogen and oxygen atoms in total. The first-order valence-electron chi connectivity index (χ1n) is 21.4.